The number of thioether (sulfide) groups is 1. The summed E-state index contributed by atoms with van der Waals surface area (Å²) >= 11 is 1.49. The number of fused-ring (bicyclic) bond motifs is 1. The fraction of sp³-hybridized carbons (Fsp3) is 0.333. The maximum atomic E-state index is 12.5. The Morgan fingerprint density at radius 1 is 1.41 bits per heavy atom. The molecule has 3 heterocycles. The lowest BCUT2D eigenvalue weighted by Crippen LogP contribution is -2.31. The van der Waals surface area contributed by atoms with Gasteiger partial charge in [-0.2, -0.15) is 4.98 Å². The van der Waals surface area contributed by atoms with Gasteiger partial charge in [-0.1, -0.05) is 17.8 Å². The van der Waals surface area contributed by atoms with Crippen LogP contribution in [0.5, 0.6) is 0 Å². The lowest BCUT2D eigenvalue weighted by Gasteiger charge is -2.31. The Bertz CT molecular complexity index is 767. The summed E-state index contributed by atoms with van der Waals surface area (Å²) in [6.45, 7) is 0. The number of carbonyl (C=O) groups excluding carboxylic acids is 1. The van der Waals surface area contributed by atoms with E-state index in [9.17, 15) is 4.79 Å². The van der Waals surface area contributed by atoms with E-state index in [1.54, 1.807) is 12.4 Å². The van der Waals surface area contributed by atoms with E-state index in [4.69, 9.17) is 0 Å². The third kappa shape index (κ3) is 2.04. The SMILES string of the molecule is CSc1nc2n(n1)C(c1cccnc1)C1=C(CCCC1=O)N2. The van der Waals surface area contributed by atoms with Crippen LogP contribution in [0.25, 0.3) is 0 Å². The summed E-state index contributed by atoms with van der Waals surface area (Å²) in [6.07, 6.45) is 7.83. The summed E-state index contributed by atoms with van der Waals surface area (Å²) in [5.41, 5.74) is 2.76. The Kier molecular flexibility index (Phi) is 3.22. The summed E-state index contributed by atoms with van der Waals surface area (Å²) in [7, 11) is 0. The van der Waals surface area contributed by atoms with Crippen molar-refractivity contribution in [2.45, 2.75) is 30.5 Å². The molecule has 2 aromatic rings. The van der Waals surface area contributed by atoms with Crippen LogP contribution in [0.3, 0.4) is 0 Å². The van der Waals surface area contributed by atoms with Crippen molar-refractivity contribution in [1.29, 1.82) is 0 Å². The molecule has 2 aromatic heterocycles. The molecule has 6 nitrogen and oxygen atoms in total. The number of hydrogen-bond donors (Lipinski definition) is 1. The number of aromatic nitrogens is 4. The van der Waals surface area contributed by atoms with Gasteiger partial charge in [-0.25, -0.2) is 4.68 Å². The molecular formula is C15H15N5OS. The van der Waals surface area contributed by atoms with Crippen molar-refractivity contribution in [3.63, 3.8) is 0 Å². The highest BCUT2D eigenvalue weighted by Gasteiger charge is 2.36. The molecule has 1 N–H and O–H groups in total. The normalized spacial score (nSPS) is 20.4. The van der Waals surface area contributed by atoms with Crippen LogP contribution in [-0.4, -0.2) is 31.8 Å². The second-order valence-corrected chi connectivity index (χ2v) is 6.12. The highest BCUT2D eigenvalue weighted by atomic mass is 32.2. The summed E-state index contributed by atoms with van der Waals surface area (Å²) in [5.74, 6) is 0.890. The molecule has 0 amide bonds. The molecule has 1 unspecified atom stereocenters. The zero-order valence-electron chi connectivity index (χ0n) is 12.1. The van der Waals surface area contributed by atoms with Crippen LogP contribution in [0.1, 0.15) is 30.9 Å². The molecule has 2 aliphatic rings. The van der Waals surface area contributed by atoms with E-state index in [1.807, 2.05) is 23.1 Å². The van der Waals surface area contributed by atoms with Crippen molar-refractivity contribution in [2.24, 2.45) is 0 Å². The van der Waals surface area contributed by atoms with E-state index in [0.717, 1.165) is 29.7 Å². The highest BCUT2D eigenvalue weighted by Crippen LogP contribution is 2.40. The fourth-order valence-corrected chi connectivity index (χ4v) is 3.42. The van der Waals surface area contributed by atoms with E-state index < -0.39 is 0 Å². The van der Waals surface area contributed by atoms with Crippen molar-refractivity contribution >= 4 is 23.5 Å². The van der Waals surface area contributed by atoms with Gasteiger partial charge in [-0.05, 0) is 30.7 Å². The molecule has 0 aromatic carbocycles. The van der Waals surface area contributed by atoms with Gasteiger partial charge in [-0.15, -0.1) is 5.10 Å². The van der Waals surface area contributed by atoms with Crippen LogP contribution in [0.15, 0.2) is 41.0 Å². The Balaban J connectivity index is 1.92. The molecule has 0 spiro atoms. The molecule has 112 valence electrons. The molecule has 1 aliphatic carbocycles. The Hall–Kier alpha value is -2.15. The average molecular weight is 313 g/mol. The van der Waals surface area contributed by atoms with Gasteiger partial charge in [0.15, 0.2) is 5.78 Å². The molecule has 0 saturated carbocycles. The lowest BCUT2D eigenvalue weighted by molar-refractivity contribution is -0.116. The smallest absolute Gasteiger partial charge is 0.227 e. The van der Waals surface area contributed by atoms with E-state index >= 15 is 0 Å². The number of allylic oxidation sites excluding steroid dienone is 2. The number of carbonyl (C=O) groups is 1. The molecule has 0 radical (unpaired) electrons. The van der Waals surface area contributed by atoms with Crippen LogP contribution < -0.4 is 5.32 Å². The Morgan fingerprint density at radius 3 is 3.09 bits per heavy atom. The summed E-state index contributed by atoms with van der Waals surface area (Å²) in [5, 5.41) is 8.54. The average Bonchev–Trinajstić information content (AvgIpc) is 2.96. The minimum atomic E-state index is -0.235. The third-order valence-corrected chi connectivity index (χ3v) is 4.57. The van der Waals surface area contributed by atoms with Crippen LogP contribution in [0, 0.1) is 0 Å². The van der Waals surface area contributed by atoms with Crippen molar-refractivity contribution in [2.75, 3.05) is 11.6 Å². The highest BCUT2D eigenvalue weighted by molar-refractivity contribution is 7.98. The van der Waals surface area contributed by atoms with Crippen LogP contribution in [0.2, 0.25) is 0 Å². The number of nitrogens with one attached hydrogen (secondary N) is 1. The number of ketones is 1. The maximum Gasteiger partial charge on any atom is 0.227 e. The number of hydrogen-bond acceptors (Lipinski definition) is 6. The van der Waals surface area contributed by atoms with E-state index in [1.165, 1.54) is 11.8 Å². The number of rotatable bonds is 2. The number of Topliss-reactive ketones (excluding diaryl/α,β-unsaturated/α-hetero) is 1. The molecule has 22 heavy (non-hydrogen) atoms. The Labute approximate surface area is 132 Å². The maximum absolute atomic E-state index is 12.5. The van der Waals surface area contributed by atoms with Gasteiger partial charge in [0.25, 0.3) is 0 Å². The zero-order chi connectivity index (χ0) is 15.1. The van der Waals surface area contributed by atoms with E-state index in [-0.39, 0.29) is 11.8 Å². The molecule has 0 fully saturated rings. The fourth-order valence-electron chi connectivity index (χ4n) is 3.07. The van der Waals surface area contributed by atoms with Gasteiger partial charge in [0, 0.05) is 30.1 Å². The lowest BCUT2D eigenvalue weighted by atomic mass is 9.86. The molecule has 0 saturated heterocycles. The number of anilines is 1. The minimum Gasteiger partial charge on any atom is -0.328 e. The Morgan fingerprint density at radius 2 is 2.32 bits per heavy atom. The topological polar surface area (TPSA) is 72.7 Å². The first kappa shape index (κ1) is 13.5. The summed E-state index contributed by atoms with van der Waals surface area (Å²) in [6, 6.07) is 3.64. The van der Waals surface area contributed by atoms with Crippen molar-refractivity contribution in [1.82, 2.24) is 19.7 Å². The van der Waals surface area contributed by atoms with E-state index in [2.05, 4.69) is 20.4 Å². The monoisotopic (exact) mass is 313 g/mol. The van der Waals surface area contributed by atoms with Crippen molar-refractivity contribution < 1.29 is 4.79 Å². The van der Waals surface area contributed by atoms with Crippen LogP contribution in [-0.2, 0) is 4.79 Å². The largest absolute Gasteiger partial charge is 0.328 e. The standard InChI is InChI=1S/C15H15N5OS/c1-22-15-18-14-17-10-5-2-6-11(21)12(10)13(20(14)19-15)9-4-3-7-16-8-9/h3-4,7-8,13H,2,5-6H2,1H3,(H,17,18,19). The van der Waals surface area contributed by atoms with E-state index in [0.29, 0.717) is 17.5 Å². The second-order valence-electron chi connectivity index (χ2n) is 5.35. The predicted molar refractivity (Wildman–Crippen MR) is 83.7 cm³/mol. The van der Waals surface area contributed by atoms with Gasteiger partial charge in [0.05, 0.1) is 0 Å². The zero-order valence-corrected chi connectivity index (χ0v) is 12.9. The van der Waals surface area contributed by atoms with Gasteiger partial charge in [0.1, 0.15) is 6.04 Å². The third-order valence-electron chi connectivity index (χ3n) is 4.03. The molecule has 1 aliphatic heterocycles. The molecule has 1 atom stereocenters. The quantitative estimate of drug-likeness (QED) is 0.858. The number of nitrogens with zero attached hydrogens (tertiary/aromatic N) is 4. The molecule has 7 heteroatoms. The molecule has 0 bridgehead atoms. The summed E-state index contributed by atoms with van der Waals surface area (Å²) in [4.78, 5) is 21.2. The van der Waals surface area contributed by atoms with Gasteiger partial charge < -0.3 is 5.32 Å². The van der Waals surface area contributed by atoms with Gasteiger partial charge >= 0.3 is 0 Å². The van der Waals surface area contributed by atoms with Crippen LogP contribution in [0.4, 0.5) is 5.95 Å². The van der Waals surface area contributed by atoms with Crippen LogP contribution >= 0.6 is 11.8 Å². The summed E-state index contributed by atoms with van der Waals surface area (Å²) < 4.78 is 1.81. The predicted octanol–water partition coefficient (Wildman–Crippen LogP) is 2.42. The first-order valence-corrected chi connectivity index (χ1v) is 8.44. The van der Waals surface area contributed by atoms with Crippen molar-refractivity contribution in [3.8, 4) is 0 Å². The molecular weight excluding hydrogens is 298 g/mol. The molecule has 4 rings (SSSR count). The van der Waals surface area contributed by atoms with Gasteiger partial charge in [0.2, 0.25) is 11.1 Å². The number of pyridine rings is 1. The first-order chi connectivity index (χ1) is 10.8. The van der Waals surface area contributed by atoms with Crippen molar-refractivity contribution in [3.05, 3.63) is 41.4 Å². The minimum absolute atomic E-state index is 0.189. The first-order valence-electron chi connectivity index (χ1n) is 7.21. The van der Waals surface area contributed by atoms with Gasteiger partial charge in [-0.3, -0.25) is 9.78 Å². The second kappa shape index (κ2) is 5.24.